The molecule has 3 rings (SSSR count). The Kier molecular flexibility index (Phi) is 3.78. The molecular formula is C15H18FN3O. The van der Waals surface area contributed by atoms with Crippen LogP contribution in [-0.4, -0.2) is 10.1 Å². The van der Waals surface area contributed by atoms with Crippen LogP contribution in [0.15, 0.2) is 22.7 Å². The second-order valence-corrected chi connectivity index (χ2v) is 5.29. The average molecular weight is 275 g/mol. The molecule has 0 bridgehead atoms. The maximum Gasteiger partial charge on any atom is 0.240 e. The molecule has 1 saturated carbocycles. The molecule has 1 aromatic heterocycles. The smallest absolute Gasteiger partial charge is 0.240 e. The average Bonchev–Trinajstić information content (AvgIpc) is 2.97. The Morgan fingerprint density at radius 1 is 1.25 bits per heavy atom. The fourth-order valence-electron chi connectivity index (χ4n) is 2.87. The molecule has 2 N–H and O–H groups in total. The molecule has 1 aliphatic rings. The lowest BCUT2D eigenvalue weighted by molar-refractivity contribution is 0.380. The van der Waals surface area contributed by atoms with Crippen LogP contribution in [0.5, 0.6) is 0 Å². The van der Waals surface area contributed by atoms with Crippen molar-refractivity contribution in [3.05, 3.63) is 35.5 Å². The standard InChI is InChI=1S/C15H18FN3O/c16-13-8-11(15-18-14(9-17)20-19-15)6-7-12(13)10-4-2-1-3-5-10/h6-8,10H,1-5,9,17H2. The summed E-state index contributed by atoms with van der Waals surface area (Å²) < 4.78 is 19.2. The number of aromatic nitrogens is 2. The van der Waals surface area contributed by atoms with Gasteiger partial charge in [0, 0.05) is 5.56 Å². The van der Waals surface area contributed by atoms with Crippen LogP contribution in [0.25, 0.3) is 11.4 Å². The van der Waals surface area contributed by atoms with Gasteiger partial charge in [0.25, 0.3) is 0 Å². The summed E-state index contributed by atoms with van der Waals surface area (Å²) in [6, 6.07) is 5.21. The summed E-state index contributed by atoms with van der Waals surface area (Å²) >= 11 is 0. The van der Waals surface area contributed by atoms with E-state index in [2.05, 4.69) is 10.1 Å². The quantitative estimate of drug-likeness (QED) is 0.932. The van der Waals surface area contributed by atoms with Gasteiger partial charge in [0.15, 0.2) is 0 Å². The zero-order valence-corrected chi connectivity index (χ0v) is 11.3. The molecule has 1 heterocycles. The van der Waals surface area contributed by atoms with Crippen molar-refractivity contribution >= 4 is 0 Å². The van der Waals surface area contributed by atoms with Gasteiger partial charge in [0.2, 0.25) is 11.7 Å². The van der Waals surface area contributed by atoms with E-state index in [9.17, 15) is 4.39 Å². The minimum Gasteiger partial charge on any atom is -0.338 e. The maximum absolute atomic E-state index is 14.3. The summed E-state index contributed by atoms with van der Waals surface area (Å²) in [5.74, 6) is 0.924. The van der Waals surface area contributed by atoms with E-state index in [1.807, 2.05) is 12.1 Å². The van der Waals surface area contributed by atoms with Gasteiger partial charge in [0.05, 0.1) is 6.54 Å². The normalized spacial score (nSPS) is 16.5. The lowest BCUT2D eigenvalue weighted by atomic mass is 9.83. The number of benzene rings is 1. The molecule has 0 radical (unpaired) electrons. The van der Waals surface area contributed by atoms with Crippen LogP contribution in [0.1, 0.15) is 49.5 Å². The molecule has 1 aliphatic carbocycles. The Labute approximate surface area is 117 Å². The van der Waals surface area contributed by atoms with Gasteiger partial charge in [-0.25, -0.2) is 4.39 Å². The van der Waals surface area contributed by atoms with Gasteiger partial charge < -0.3 is 10.3 Å². The molecule has 0 amide bonds. The summed E-state index contributed by atoms with van der Waals surface area (Å²) in [4.78, 5) is 4.11. The highest BCUT2D eigenvalue weighted by molar-refractivity contribution is 5.55. The summed E-state index contributed by atoms with van der Waals surface area (Å²) in [5.41, 5.74) is 6.87. The first-order valence-electron chi connectivity index (χ1n) is 7.10. The second-order valence-electron chi connectivity index (χ2n) is 5.29. The summed E-state index contributed by atoms with van der Waals surface area (Å²) in [6.07, 6.45) is 5.81. The van der Waals surface area contributed by atoms with Gasteiger partial charge in [-0.2, -0.15) is 4.98 Å². The van der Waals surface area contributed by atoms with E-state index in [-0.39, 0.29) is 12.4 Å². The maximum atomic E-state index is 14.3. The minimum atomic E-state index is -0.173. The van der Waals surface area contributed by atoms with E-state index in [0.717, 1.165) is 18.4 Å². The van der Waals surface area contributed by atoms with E-state index in [0.29, 0.717) is 23.2 Å². The molecule has 106 valence electrons. The van der Waals surface area contributed by atoms with Crippen molar-refractivity contribution < 1.29 is 8.91 Å². The molecule has 4 nitrogen and oxygen atoms in total. The van der Waals surface area contributed by atoms with Crippen LogP contribution < -0.4 is 5.73 Å². The molecule has 0 aliphatic heterocycles. The highest BCUT2D eigenvalue weighted by Gasteiger charge is 2.19. The third-order valence-corrected chi connectivity index (χ3v) is 3.95. The SMILES string of the molecule is NCc1nc(-c2ccc(C3CCCCC3)c(F)c2)no1. The number of nitrogens with zero attached hydrogens (tertiary/aromatic N) is 2. The Bertz CT molecular complexity index is 591. The third-order valence-electron chi connectivity index (χ3n) is 3.95. The lowest BCUT2D eigenvalue weighted by Crippen LogP contribution is -2.06. The molecule has 1 aromatic carbocycles. The van der Waals surface area contributed by atoms with Gasteiger partial charge in [-0.1, -0.05) is 36.6 Å². The first-order chi connectivity index (χ1) is 9.78. The van der Waals surface area contributed by atoms with E-state index in [1.165, 1.54) is 25.3 Å². The number of nitrogens with two attached hydrogens (primary N) is 1. The Hall–Kier alpha value is -1.75. The first kappa shape index (κ1) is 13.2. The molecular weight excluding hydrogens is 257 g/mol. The number of halogens is 1. The van der Waals surface area contributed by atoms with Gasteiger partial charge in [-0.05, 0) is 30.4 Å². The summed E-state index contributed by atoms with van der Waals surface area (Å²) in [6.45, 7) is 0.190. The van der Waals surface area contributed by atoms with E-state index >= 15 is 0 Å². The van der Waals surface area contributed by atoms with Crippen LogP contribution in [0, 0.1) is 5.82 Å². The fraction of sp³-hybridized carbons (Fsp3) is 0.467. The predicted molar refractivity (Wildman–Crippen MR) is 73.4 cm³/mol. The Morgan fingerprint density at radius 2 is 2.05 bits per heavy atom. The topological polar surface area (TPSA) is 64.9 Å². The summed E-state index contributed by atoms with van der Waals surface area (Å²) in [5, 5.41) is 3.81. The van der Waals surface area contributed by atoms with Crippen LogP contribution in [-0.2, 0) is 6.54 Å². The molecule has 20 heavy (non-hydrogen) atoms. The summed E-state index contributed by atoms with van der Waals surface area (Å²) in [7, 11) is 0. The first-order valence-corrected chi connectivity index (χ1v) is 7.10. The Morgan fingerprint density at radius 3 is 2.70 bits per heavy atom. The number of rotatable bonds is 3. The van der Waals surface area contributed by atoms with Crippen LogP contribution in [0.4, 0.5) is 4.39 Å². The minimum absolute atomic E-state index is 0.173. The van der Waals surface area contributed by atoms with Gasteiger partial charge in [-0.15, -0.1) is 0 Å². The van der Waals surface area contributed by atoms with E-state index < -0.39 is 0 Å². The molecule has 2 aromatic rings. The lowest BCUT2D eigenvalue weighted by Gasteiger charge is -2.22. The highest BCUT2D eigenvalue weighted by Crippen LogP contribution is 2.35. The molecule has 0 unspecified atom stereocenters. The van der Waals surface area contributed by atoms with Crippen LogP contribution in [0.2, 0.25) is 0 Å². The third kappa shape index (κ3) is 2.58. The van der Waals surface area contributed by atoms with Crippen molar-refractivity contribution in [1.29, 1.82) is 0 Å². The zero-order valence-electron chi connectivity index (χ0n) is 11.3. The number of hydrogen-bond acceptors (Lipinski definition) is 4. The van der Waals surface area contributed by atoms with Crippen molar-refractivity contribution in [2.24, 2.45) is 5.73 Å². The largest absolute Gasteiger partial charge is 0.338 e. The van der Waals surface area contributed by atoms with Crippen molar-refractivity contribution in [3.8, 4) is 11.4 Å². The van der Waals surface area contributed by atoms with E-state index in [4.69, 9.17) is 10.3 Å². The molecule has 0 atom stereocenters. The van der Waals surface area contributed by atoms with Crippen molar-refractivity contribution in [1.82, 2.24) is 10.1 Å². The van der Waals surface area contributed by atoms with Crippen molar-refractivity contribution in [2.45, 2.75) is 44.6 Å². The predicted octanol–water partition coefficient (Wildman–Crippen LogP) is 3.38. The van der Waals surface area contributed by atoms with Crippen LogP contribution in [0.3, 0.4) is 0 Å². The zero-order chi connectivity index (χ0) is 13.9. The molecule has 1 fully saturated rings. The highest BCUT2D eigenvalue weighted by atomic mass is 19.1. The monoisotopic (exact) mass is 275 g/mol. The molecule has 0 spiro atoms. The fourth-order valence-corrected chi connectivity index (χ4v) is 2.87. The van der Waals surface area contributed by atoms with Crippen molar-refractivity contribution in [3.63, 3.8) is 0 Å². The van der Waals surface area contributed by atoms with Gasteiger partial charge >= 0.3 is 0 Å². The molecule has 5 heteroatoms. The van der Waals surface area contributed by atoms with E-state index in [1.54, 1.807) is 0 Å². The van der Waals surface area contributed by atoms with Gasteiger partial charge in [0.1, 0.15) is 5.82 Å². The second kappa shape index (κ2) is 5.71. The Balaban J connectivity index is 1.86. The van der Waals surface area contributed by atoms with Gasteiger partial charge in [-0.3, -0.25) is 0 Å². The van der Waals surface area contributed by atoms with Crippen LogP contribution >= 0.6 is 0 Å². The number of hydrogen-bond donors (Lipinski definition) is 1. The van der Waals surface area contributed by atoms with Crippen molar-refractivity contribution in [2.75, 3.05) is 0 Å². The molecule has 0 saturated heterocycles.